The van der Waals surface area contributed by atoms with E-state index in [1.165, 1.54) is 0 Å². The highest BCUT2D eigenvalue weighted by Crippen LogP contribution is 2.32. The maximum atomic E-state index is 12.4. The quantitative estimate of drug-likeness (QED) is 0.432. The van der Waals surface area contributed by atoms with E-state index in [9.17, 15) is 4.79 Å². The fourth-order valence-corrected chi connectivity index (χ4v) is 3.30. The van der Waals surface area contributed by atoms with Gasteiger partial charge >= 0.3 is 5.97 Å². The van der Waals surface area contributed by atoms with Crippen molar-refractivity contribution in [2.24, 2.45) is 4.99 Å². The van der Waals surface area contributed by atoms with Gasteiger partial charge in [0.15, 0.2) is 5.70 Å². The van der Waals surface area contributed by atoms with Crippen molar-refractivity contribution in [3.63, 3.8) is 0 Å². The molecule has 0 saturated carbocycles. The molecule has 1 aliphatic rings. The first-order valence-electron chi connectivity index (χ1n) is 8.10. The predicted octanol–water partition coefficient (Wildman–Crippen LogP) is 5.50. The summed E-state index contributed by atoms with van der Waals surface area (Å²) in [4.78, 5) is 16.7. The largest absolute Gasteiger partial charge is 0.496 e. The van der Waals surface area contributed by atoms with E-state index in [2.05, 4.69) is 4.99 Å². The highest BCUT2D eigenvalue weighted by atomic mass is 35.5. The number of halogens is 2. The van der Waals surface area contributed by atoms with Gasteiger partial charge in [-0.1, -0.05) is 53.5 Å². The first kappa shape index (κ1) is 17.6. The number of fused-ring (bicyclic) bond motifs is 1. The molecule has 1 heterocycles. The van der Waals surface area contributed by atoms with Crippen molar-refractivity contribution >= 4 is 51.9 Å². The molecule has 0 fully saturated rings. The molecule has 134 valence electrons. The van der Waals surface area contributed by atoms with Crippen LogP contribution in [0.25, 0.3) is 16.8 Å². The lowest BCUT2D eigenvalue weighted by Crippen LogP contribution is -2.06. The standard InChI is InChI=1S/C21H13Cl2NO3/c1-26-19-9-6-12-4-2-3-5-14(12)15(19)11-18-21(25)27-20(24-18)16-10-13(22)7-8-17(16)23/h2-11H,1H3. The number of carbonyl (C=O) groups excluding carboxylic acids is 1. The summed E-state index contributed by atoms with van der Waals surface area (Å²) in [5.41, 5.74) is 1.38. The van der Waals surface area contributed by atoms with Crippen molar-refractivity contribution in [2.75, 3.05) is 7.11 Å². The molecule has 0 unspecified atom stereocenters. The Balaban J connectivity index is 1.85. The molecule has 4 nitrogen and oxygen atoms in total. The van der Waals surface area contributed by atoms with Gasteiger partial charge in [0, 0.05) is 10.6 Å². The molecule has 3 aromatic carbocycles. The van der Waals surface area contributed by atoms with Crippen LogP contribution in [-0.4, -0.2) is 19.0 Å². The molecule has 3 aromatic rings. The van der Waals surface area contributed by atoms with Crippen molar-refractivity contribution in [1.82, 2.24) is 0 Å². The van der Waals surface area contributed by atoms with Gasteiger partial charge in [-0.25, -0.2) is 9.79 Å². The molecule has 0 aromatic heterocycles. The third-order valence-corrected chi connectivity index (χ3v) is 4.78. The Morgan fingerprint density at radius 1 is 1.07 bits per heavy atom. The molecule has 27 heavy (non-hydrogen) atoms. The van der Waals surface area contributed by atoms with Crippen LogP contribution in [0.5, 0.6) is 5.75 Å². The predicted molar refractivity (Wildman–Crippen MR) is 108 cm³/mol. The van der Waals surface area contributed by atoms with Gasteiger partial charge in [-0.3, -0.25) is 0 Å². The second-order valence-electron chi connectivity index (χ2n) is 5.86. The van der Waals surface area contributed by atoms with Crippen LogP contribution < -0.4 is 4.74 Å². The highest BCUT2D eigenvalue weighted by Gasteiger charge is 2.26. The number of ether oxygens (including phenoxy) is 2. The van der Waals surface area contributed by atoms with Crippen LogP contribution in [-0.2, 0) is 9.53 Å². The number of nitrogens with zero attached hydrogens (tertiary/aromatic N) is 1. The van der Waals surface area contributed by atoms with Crippen LogP contribution in [0.15, 0.2) is 65.3 Å². The van der Waals surface area contributed by atoms with Gasteiger partial charge in [-0.15, -0.1) is 0 Å². The van der Waals surface area contributed by atoms with Gasteiger partial charge in [0.2, 0.25) is 5.90 Å². The molecular formula is C21H13Cl2NO3. The summed E-state index contributed by atoms with van der Waals surface area (Å²) in [6.07, 6.45) is 1.66. The molecule has 0 saturated heterocycles. The van der Waals surface area contributed by atoms with E-state index < -0.39 is 5.97 Å². The number of hydrogen-bond acceptors (Lipinski definition) is 4. The summed E-state index contributed by atoms with van der Waals surface area (Å²) in [6.45, 7) is 0. The third-order valence-electron chi connectivity index (χ3n) is 4.21. The fourth-order valence-electron chi connectivity index (χ4n) is 2.92. The monoisotopic (exact) mass is 397 g/mol. The zero-order valence-corrected chi connectivity index (χ0v) is 15.7. The zero-order valence-electron chi connectivity index (χ0n) is 14.2. The first-order valence-corrected chi connectivity index (χ1v) is 8.86. The van der Waals surface area contributed by atoms with Crippen molar-refractivity contribution in [3.8, 4) is 5.75 Å². The summed E-state index contributed by atoms with van der Waals surface area (Å²) >= 11 is 12.2. The third kappa shape index (κ3) is 3.29. The normalized spacial score (nSPS) is 15.1. The summed E-state index contributed by atoms with van der Waals surface area (Å²) in [7, 11) is 1.58. The van der Waals surface area contributed by atoms with Crippen molar-refractivity contribution in [1.29, 1.82) is 0 Å². The smallest absolute Gasteiger partial charge is 0.363 e. The van der Waals surface area contributed by atoms with Crippen LogP contribution in [0.2, 0.25) is 10.0 Å². The number of carbonyl (C=O) groups is 1. The topological polar surface area (TPSA) is 47.9 Å². The molecule has 0 aliphatic carbocycles. The lowest BCUT2D eigenvalue weighted by Gasteiger charge is -2.08. The Kier molecular flexibility index (Phi) is 4.60. The molecular weight excluding hydrogens is 385 g/mol. The van der Waals surface area contributed by atoms with Crippen molar-refractivity contribution < 1.29 is 14.3 Å². The summed E-state index contributed by atoms with van der Waals surface area (Å²) in [5, 5.41) is 2.84. The van der Waals surface area contributed by atoms with Crippen LogP contribution in [0.4, 0.5) is 0 Å². The SMILES string of the molecule is COc1ccc2ccccc2c1C=C1N=C(c2cc(Cl)ccc2Cl)OC1=O. The molecule has 0 atom stereocenters. The van der Waals surface area contributed by atoms with E-state index in [1.54, 1.807) is 31.4 Å². The maximum absolute atomic E-state index is 12.4. The minimum absolute atomic E-state index is 0.123. The second kappa shape index (κ2) is 7.06. The van der Waals surface area contributed by atoms with Crippen LogP contribution >= 0.6 is 23.2 Å². The van der Waals surface area contributed by atoms with E-state index in [1.807, 2.05) is 36.4 Å². The molecule has 0 N–H and O–H groups in total. The number of aliphatic imine (C=N–C) groups is 1. The number of esters is 1. The Morgan fingerprint density at radius 2 is 1.89 bits per heavy atom. The molecule has 6 heteroatoms. The molecule has 0 bridgehead atoms. The number of benzene rings is 3. The van der Waals surface area contributed by atoms with E-state index in [-0.39, 0.29) is 11.6 Å². The van der Waals surface area contributed by atoms with Gasteiger partial charge in [0.25, 0.3) is 0 Å². The molecule has 0 amide bonds. The number of methoxy groups -OCH3 is 1. The first-order chi connectivity index (χ1) is 13.1. The Labute approximate surface area is 165 Å². The molecule has 0 radical (unpaired) electrons. The number of cyclic esters (lactones) is 1. The average Bonchev–Trinajstić information content (AvgIpc) is 3.04. The van der Waals surface area contributed by atoms with Gasteiger partial charge in [-0.2, -0.15) is 0 Å². The Bertz CT molecular complexity index is 1140. The Hall–Kier alpha value is -2.82. The summed E-state index contributed by atoms with van der Waals surface area (Å²) in [6, 6.07) is 16.5. The maximum Gasteiger partial charge on any atom is 0.363 e. The van der Waals surface area contributed by atoms with E-state index in [0.717, 1.165) is 16.3 Å². The van der Waals surface area contributed by atoms with Gasteiger partial charge < -0.3 is 9.47 Å². The molecule has 1 aliphatic heterocycles. The van der Waals surface area contributed by atoms with Crippen molar-refractivity contribution in [3.05, 3.63) is 81.5 Å². The number of rotatable bonds is 3. The minimum atomic E-state index is -0.559. The molecule has 0 spiro atoms. The van der Waals surface area contributed by atoms with Gasteiger partial charge in [0.05, 0.1) is 17.7 Å². The van der Waals surface area contributed by atoms with E-state index in [0.29, 0.717) is 21.4 Å². The summed E-state index contributed by atoms with van der Waals surface area (Å²) in [5.74, 6) is 0.201. The summed E-state index contributed by atoms with van der Waals surface area (Å²) < 4.78 is 10.8. The fraction of sp³-hybridized carbons (Fsp3) is 0.0476. The Morgan fingerprint density at radius 3 is 2.70 bits per heavy atom. The second-order valence-corrected chi connectivity index (χ2v) is 6.71. The van der Waals surface area contributed by atoms with Crippen LogP contribution in [0.1, 0.15) is 11.1 Å². The van der Waals surface area contributed by atoms with Crippen LogP contribution in [0, 0.1) is 0 Å². The lowest BCUT2D eigenvalue weighted by atomic mass is 10.0. The van der Waals surface area contributed by atoms with Gasteiger partial charge in [0.1, 0.15) is 5.75 Å². The highest BCUT2D eigenvalue weighted by molar-refractivity contribution is 6.36. The number of hydrogen-bond donors (Lipinski definition) is 0. The minimum Gasteiger partial charge on any atom is -0.496 e. The van der Waals surface area contributed by atoms with E-state index in [4.69, 9.17) is 32.7 Å². The van der Waals surface area contributed by atoms with E-state index >= 15 is 0 Å². The zero-order chi connectivity index (χ0) is 19.0. The molecule has 4 rings (SSSR count). The van der Waals surface area contributed by atoms with Crippen LogP contribution in [0.3, 0.4) is 0 Å². The lowest BCUT2D eigenvalue weighted by molar-refractivity contribution is -0.129. The van der Waals surface area contributed by atoms with Gasteiger partial charge in [-0.05, 0) is 41.1 Å². The van der Waals surface area contributed by atoms with Crippen molar-refractivity contribution in [2.45, 2.75) is 0 Å². The average molecular weight is 398 g/mol.